The van der Waals surface area contributed by atoms with Gasteiger partial charge in [-0.3, -0.25) is 0 Å². The molecule has 0 heterocycles. The van der Waals surface area contributed by atoms with E-state index in [1.807, 2.05) is 20.8 Å². The molecule has 0 radical (unpaired) electrons. The maximum absolute atomic E-state index is 11.5. The fraction of sp³-hybridized carbons (Fsp3) is 0.900. The van der Waals surface area contributed by atoms with E-state index in [9.17, 15) is 4.79 Å². The molecule has 1 amide bonds. The third-order valence-electron chi connectivity index (χ3n) is 2.32. The topological polar surface area (TPSA) is 49.8 Å². The van der Waals surface area contributed by atoms with Crippen LogP contribution in [0.5, 0.6) is 0 Å². The minimum Gasteiger partial charge on any atom is -0.444 e. The summed E-state index contributed by atoms with van der Waals surface area (Å²) >= 11 is 0. The predicted molar refractivity (Wildman–Crippen MR) is 53.0 cm³/mol. The Morgan fingerprint density at radius 2 is 1.93 bits per heavy atom. The van der Waals surface area contributed by atoms with Crippen molar-refractivity contribution in [1.82, 2.24) is 4.90 Å². The number of ether oxygens (including phenoxy) is 1. The van der Waals surface area contributed by atoms with Crippen LogP contribution in [0.2, 0.25) is 0 Å². The lowest BCUT2D eigenvalue weighted by molar-refractivity contribution is -0.0157. The van der Waals surface area contributed by atoms with Crippen LogP contribution >= 0.6 is 0 Å². The molecule has 1 aliphatic carbocycles. The first-order valence-corrected chi connectivity index (χ1v) is 4.93. The van der Waals surface area contributed by atoms with Crippen LogP contribution in [0.25, 0.3) is 0 Å². The summed E-state index contributed by atoms with van der Waals surface area (Å²) in [4.78, 5) is 13.1. The average Bonchev–Trinajstić information content (AvgIpc) is 1.94. The Morgan fingerprint density at radius 1 is 1.43 bits per heavy atom. The largest absolute Gasteiger partial charge is 0.444 e. The van der Waals surface area contributed by atoms with Crippen molar-refractivity contribution in [3.05, 3.63) is 0 Å². The summed E-state index contributed by atoms with van der Waals surface area (Å²) < 4.78 is 5.20. The van der Waals surface area contributed by atoms with Crippen molar-refractivity contribution in [1.29, 1.82) is 0 Å². The number of nitrogens with zero attached hydrogens (tertiary/aromatic N) is 1. The summed E-state index contributed by atoms with van der Waals surface area (Å²) in [6.07, 6.45) is 0.769. The van der Waals surface area contributed by atoms with Crippen LogP contribution in [0.3, 0.4) is 0 Å². The van der Waals surface area contributed by atoms with Gasteiger partial charge in [0.15, 0.2) is 0 Å². The van der Waals surface area contributed by atoms with E-state index >= 15 is 0 Å². The molecule has 0 aromatic carbocycles. The van der Waals surface area contributed by atoms with Crippen LogP contribution in [0, 0.1) is 0 Å². The molecule has 14 heavy (non-hydrogen) atoms. The van der Waals surface area contributed by atoms with Crippen LogP contribution in [0.4, 0.5) is 4.79 Å². The molecule has 0 aliphatic heterocycles. The van der Waals surface area contributed by atoms with E-state index in [-0.39, 0.29) is 18.2 Å². The summed E-state index contributed by atoms with van der Waals surface area (Å²) in [5, 5.41) is 9.10. The zero-order valence-corrected chi connectivity index (χ0v) is 9.28. The minimum absolute atomic E-state index is 0.139. The highest BCUT2D eigenvalue weighted by Crippen LogP contribution is 2.25. The number of aliphatic hydroxyl groups is 1. The molecule has 0 unspecified atom stereocenters. The summed E-state index contributed by atoms with van der Waals surface area (Å²) in [5.41, 5.74) is -0.451. The van der Waals surface area contributed by atoms with Gasteiger partial charge in [0.2, 0.25) is 0 Å². The molecule has 1 rings (SSSR count). The molecule has 82 valence electrons. The Balaban J connectivity index is 2.38. The fourth-order valence-corrected chi connectivity index (χ4v) is 1.36. The van der Waals surface area contributed by atoms with Gasteiger partial charge in [-0.2, -0.15) is 0 Å². The van der Waals surface area contributed by atoms with Gasteiger partial charge in [-0.1, -0.05) is 0 Å². The lowest BCUT2D eigenvalue weighted by Gasteiger charge is -2.38. The third kappa shape index (κ3) is 2.87. The number of hydrogen-bond donors (Lipinski definition) is 1. The van der Waals surface area contributed by atoms with Crippen molar-refractivity contribution in [2.45, 2.75) is 51.4 Å². The van der Waals surface area contributed by atoms with Gasteiger partial charge in [-0.05, 0) is 33.6 Å². The van der Waals surface area contributed by atoms with E-state index in [0.29, 0.717) is 12.8 Å². The molecule has 0 aromatic heterocycles. The second-order valence-corrected chi connectivity index (χ2v) is 4.87. The van der Waals surface area contributed by atoms with E-state index < -0.39 is 5.60 Å². The van der Waals surface area contributed by atoms with Crippen molar-refractivity contribution < 1.29 is 14.6 Å². The second-order valence-electron chi connectivity index (χ2n) is 4.87. The zero-order valence-electron chi connectivity index (χ0n) is 9.28. The van der Waals surface area contributed by atoms with E-state index in [2.05, 4.69) is 0 Å². The molecular weight excluding hydrogens is 182 g/mol. The molecule has 0 spiro atoms. The first kappa shape index (κ1) is 11.3. The quantitative estimate of drug-likeness (QED) is 0.697. The van der Waals surface area contributed by atoms with Gasteiger partial charge in [0.05, 0.1) is 6.10 Å². The van der Waals surface area contributed by atoms with Crippen molar-refractivity contribution in [2.75, 3.05) is 7.05 Å². The standard InChI is InChI=1S/C10H19NO3/c1-10(2,3)14-9(13)11(4)7-5-8(12)6-7/h7-8,12H,5-6H2,1-4H3/t7-,8+. The molecule has 1 saturated carbocycles. The van der Waals surface area contributed by atoms with E-state index in [1.54, 1.807) is 11.9 Å². The van der Waals surface area contributed by atoms with Crippen LogP contribution in [0.1, 0.15) is 33.6 Å². The highest BCUT2D eigenvalue weighted by atomic mass is 16.6. The lowest BCUT2D eigenvalue weighted by Crippen LogP contribution is -2.49. The maximum atomic E-state index is 11.5. The van der Waals surface area contributed by atoms with Gasteiger partial charge in [0, 0.05) is 13.1 Å². The van der Waals surface area contributed by atoms with Gasteiger partial charge in [-0.15, -0.1) is 0 Å². The average molecular weight is 201 g/mol. The first-order chi connectivity index (χ1) is 6.29. The monoisotopic (exact) mass is 201 g/mol. The zero-order chi connectivity index (χ0) is 10.9. The van der Waals surface area contributed by atoms with Crippen molar-refractivity contribution >= 4 is 6.09 Å². The SMILES string of the molecule is CN(C(=O)OC(C)(C)C)[C@H]1C[C@@H](O)C1. The fourth-order valence-electron chi connectivity index (χ4n) is 1.36. The van der Waals surface area contributed by atoms with E-state index in [1.165, 1.54) is 0 Å². The number of carbonyl (C=O) groups is 1. The predicted octanol–water partition coefficient (Wildman–Crippen LogP) is 1.38. The van der Waals surface area contributed by atoms with Crippen molar-refractivity contribution in [3.63, 3.8) is 0 Å². The summed E-state index contributed by atoms with van der Waals surface area (Å²) in [7, 11) is 1.71. The number of hydrogen-bond acceptors (Lipinski definition) is 3. The maximum Gasteiger partial charge on any atom is 0.410 e. The number of aliphatic hydroxyl groups excluding tert-OH is 1. The highest BCUT2D eigenvalue weighted by molar-refractivity contribution is 5.68. The smallest absolute Gasteiger partial charge is 0.410 e. The molecular formula is C10H19NO3. The Labute approximate surface area is 84.8 Å². The van der Waals surface area contributed by atoms with Crippen molar-refractivity contribution in [3.8, 4) is 0 Å². The van der Waals surface area contributed by atoms with Crippen LogP contribution in [0.15, 0.2) is 0 Å². The molecule has 0 saturated heterocycles. The third-order valence-corrected chi connectivity index (χ3v) is 2.32. The molecule has 0 bridgehead atoms. The van der Waals surface area contributed by atoms with Crippen LogP contribution in [-0.2, 0) is 4.74 Å². The minimum atomic E-state index is -0.451. The summed E-state index contributed by atoms with van der Waals surface area (Å²) in [6.45, 7) is 5.52. The molecule has 1 aliphatic rings. The van der Waals surface area contributed by atoms with Gasteiger partial charge in [0.25, 0.3) is 0 Å². The molecule has 4 heteroatoms. The van der Waals surface area contributed by atoms with Gasteiger partial charge in [-0.25, -0.2) is 4.79 Å². The summed E-state index contributed by atoms with van der Waals surface area (Å²) in [6, 6.07) is 0.139. The normalized spacial score (nSPS) is 26.6. The van der Waals surface area contributed by atoms with Crippen LogP contribution in [-0.4, -0.2) is 40.9 Å². The molecule has 1 fully saturated rings. The van der Waals surface area contributed by atoms with Gasteiger partial charge in [0.1, 0.15) is 5.60 Å². The van der Waals surface area contributed by atoms with E-state index in [4.69, 9.17) is 9.84 Å². The Morgan fingerprint density at radius 3 is 2.29 bits per heavy atom. The van der Waals surface area contributed by atoms with Gasteiger partial charge >= 0.3 is 6.09 Å². The summed E-state index contributed by atoms with van der Waals surface area (Å²) in [5.74, 6) is 0. The van der Waals surface area contributed by atoms with Crippen molar-refractivity contribution in [2.24, 2.45) is 0 Å². The molecule has 1 N–H and O–H groups in total. The number of amides is 1. The Hall–Kier alpha value is -0.770. The first-order valence-electron chi connectivity index (χ1n) is 4.93. The van der Waals surface area contributed by atoms with Gasteiger partial charge < -0.3 is 14.7 Å². The second kappa shape index (κ2) is 3.77. The number of carbonyl (C=O) groups excluding carboxylic acids is 1. The molecule has 0 aromatic rings. The Kier molecular flexibility index (Phi) is 3.04. The molecule has 0 atom stereocenters. The lowest BCUT2D eigenvalue weighted by atomic mass is 9.89. The Bertz CT molecular complexity index is 216. The highest BCUT2D eigenvalue weighted by Gasteiger charge is 2.34. The number of rotatable bonds is 1. The molecule has 4 nitrogen and oxygen atoms in total. The van der Waals surface area contributed by atoms with Crippen LogP contribution < -0.4 is 0 Å². The van der Waals surface area contributed by atoms with E-state index in [0.717, 1.165) is 0 Å².